The minimum absolute atomic E-state index is 0.141. The molecule has 1 unspecified atom stereocenters. The first-order valence-corrected chi connectivity index (χ1v) is 10.9. The zero-order valence-electron chi connectivity index (χ0n) is 19.5. The van der Waals surface area contributed by atoms with Crippen LogP contribution in [0.3, 0.4) is 0 Å². The van der Waals surface area contributed by atoms with Gasteiger partial charge in [-0.1, -0.05) is 48.0 Å². The molecule has 0 radical (unpaired) electrons. The summed E-state index contributed by atoms with van der Waals surface area (Å²) in [5.74, 6) is 0.925. The van der Waals surface area contributed by atoms with Gasteiger partial charge in [0.25, 0.3) is 0 Å². The van der Waals surface area contributed by atoms with Crippen LogP contribution in [0.25, 0.3) is 0 Å². The second kappa shape index (κ2) is 12.2. The minimum Gasteiger partial charge on any atom is -0.493 e. The molecule has 0 spiro atoms. The third-order valence-corrected chi connectivity index (χ3v) is 5.03. The van der Waals surface area contributed by atoms with Crippen molar-refractivity contribution in [3.8, 4) is 5.75 Å². The van der Waals surface area contributed by atoms with E-state index in [2.05, 4.69) is 32.6 Å². The molecule has 1 heterocycles. The van der Waals surface area contributed by atoms with E-state index in [-0.39, 0.29) is 17.6 Å². The lowest BCUT2D eigenvalue weighted by Gasteiger charge is -2.28. The summed E-state index contributed by atoms with van der Waals surface area (Å²) in [6, 6.07) is 2.77. The Morgan fingerprint density at radius 3 is 2.28 bits per heavy atom. The molecule has 166 valence electrons. The van der Waals surface area contributed by atoms with Crippen molar-refractivity contribution in [1.82, 2.24) is 4.90 Å². The largest absolute Gasteiger partial charge is 0.493 e. The Morgan fingerprint density at radius 2 is 1.83 bits per heavy atom. The molecular formula is C24H40FNO3. The Labute approximate surface area is 176 Å². The number of esters is 1. The van der Waals surface area contributed by atoms with Crippen LogP contribution in [0.4, 0.5) is 4.39 Å². The summed E-state index contributed by atoms with van der Waals surface area (Å²) in [6.07, 6.45) is 2.12. The average molecular weight is 410 g/mol. The topological polar surface area (TPSA) is 38.8 Å². The first-order chi connectivity index (χ1) is 13.7. The maximum atomic E-state index is 14.6. The molecule has 2 rings (SSSR count). The van der Waals surface area contributed by atoms with Gasteiger partial charge < -0.3 is 9.47 Å². The number of hydrogen-bond acceptors (Lipinski definition) is 4. The van der Waals surface area contributed by atoms with Crippen LogP contribution in [0, 0.1) is 17.7 Å². The molecule has 0 amide bonds. The Morgan fingerprint density at radius 1 is 1.21 bits per heavy atom. The van der Waals surface area contributed by atoms with Gasteiger partial charge in [-0.05, 0) is 55.3 Å². The first-order valence-electron chi connectivity index (χ1n) is 10.9. The molecule has 0 aromatic heterocycles. The van der Waals surface area contributed by atoms with Gasteiger partial charge in [0, 0.05) is 12.1 Å². The second-order valence-corrected chi connectivity index (χ2v) is 8.72. The molecule has 0 N–H and O–H groups in total. The Kier molecular flexibility index (Phi) is 10.7. The second-order valence-electron chi connectivity index (χ2n) is 8.72. The van der Waals surface area contributed by atoms with Crippen LogP contribution in [0.1, 0.15) is 84.4 Å². The van der Waals surface area contributed by atoms with E-state index in [9.17, 15) is 9.18 Å². The Hall–Kier alpha value is -1.62. The third kappa shape index (κ3) is 7.29. The van der Waals surface area contributed by atoms with Crippen LogP contribution in [0.5, 0.6) is 5.75 Å². The maximum Gasteiger partial charge on any atom is 0.328 e. The molecule has 1 saturated heterocycles. The maximum absolute atomic E-state index is 14.6. The lowest BCUT2D eigenvalue weighted by Crippen LogP contribution is -2.34. The number of hydrogen-bond donors (Lipinski definition) is 0. The van der Waals surface area contributed by atoms with Crippen molar-refractivity contribution in [2.75, 3.05) is 26.8 Å². The molecule has 5 heteroatoms. The minimum atomic E-state index is -0.625. The van der Waals surface area contributed by atoms with Crippen LogP contribution < -0.4 is 4.74 Å². The highest BCUT2D eigenvalue weighted by Gasteiger charge is 2.36. The summed E-state index contributed by atoms with van der Waals surface area (Å²) in [5, 5.41) is 0. The zero-order chi connectivity index (χ0) is 22.1. The van der Waals surface area contributed by atoms with Crippen molar-refractivity contribution >= 4 is 5.97 Å². The summed E-state index contributed by atoms with van der Waals surface area (Å²) in [4.78, 5) is 14.8. The first kappa shape index (κ1) is 25.4. The van der Waals surface area contributed by atoms with Crippen LogP contribution >= 0.6 is 0 Å². The lowest BCUT2D eigenvalue weighted by molar-refractivity contribution is -0.149. The monoisotopic (exact) mass is 409 g/mol. The molecule has 0 aliphatic carbocycles. The number of ether oxygens (including phenoxy) is 2. The van der Waals surface area contributed by atoms with Crippen molar-refractivity contribution in [3.05, 3.63) is 29.1 Å². The van der Waals surface area contributed by atoms with Gasteiger partial charge in [0.1, 0.15) is 6.04 Å². The molecule has 29 heavy (non-hydrogen) atoms. The van der Waals surface area contributed by atoms with Crippen molar-refractivity contribution in [2.24, 2.45) is 11.8 Å². The smallest absolute Gasteiger partial charge is 0.328 e. The number of carbonyl (C=O) groups excluding carboxylic acids is 1. The molecule has 2 atom stereocenters. The van der Waals surface area contributed by atoms with Crippen LogP contribution in [0.2, 0.25) is 0 Å². The van der Waals surface area contributed by atoms with Crippen LogP contribution in [-0.2, 0) is 9.53 Å². The van der Waals surface area contributed by atoms with E-state index in [4.69, 9.17) is 9.47 Å². The van der Waals surface area contributed by atoms with Crippen LogP contribution in [0.15, 0.2) is 12.1 Å². The summed E-state index contributed by atoms with van der Waals surface area (Å²) in [7, 11) is 1.44. The van der Waals surface area contributed by atoms with Crippen molar-refractivity contribution in [3.63, 3.8) is 0 Å². The number of methoxy groups -OCH3 is 1. The summed E-state index contributed by atoms with van der Waals surface area (Å²) < 4.78 is 25.3. The Balaban J connectivity index is 0.000000960. The fraction of sp³-hybridized carbons (Fsp3) is 0.708. The van der Waals surface area contributed by atoms with E-state index in [0.717, 1.165) is 37.4 Å². The molecule has 1 aromatic rings. The predicted octanol–water partition coefficient (Wildman–Crippen LogP) is 5.96. The molecule has 1 aromatic carbocycles. The van der Waals surface area contributed by atoms with E-state index >= 15 is 0 Å². The van der Waals surface area contributed by atoms with Gasteiger partial charge in [0.2, 0.25) is 0 Å². The molecule has 0 saturated carbocycles. The molecular weight excluding hydrogens is 369 g/mol. The van der Waals surface area contributed by atoms with Gasteiger partial charge in [-0.25, -0.2) is 9.18 Å². The SMILES string of the molecule is CC(C)C.CCOC(=O)C(c1cc(C(C)C)cc(F)c1OC)N1CC[C@@H](CC)C1. The Bertz CT molecular complexity index is 643. The van der Waals surface area contributed by atoms with E-state index in [1.165, 1.54) is 13.2 Å². The van der Waals surface area contributed by atoms with Crippen molar-refractivity contribution in [2.45, 2.75) is 73.3 Å². The van der Waals surface area contributed by atoms with Gasteiger partial charge in [-0.15, -0.1) is 0 Å². The molecule has 0 bridgehead atoms. The van der Waals surface area contributed by atoms with Crippen molar-refractivity contribution < 1.29 is 18.7 Å². The van der Waals surface area contributed by atoms with Crippen LogP contribution in [-0.4, -0.2) is 37.7 Å². The van der Waals surface area contributed by atoms with Gasteiger partial charge in [-0.2, -0.15) is 0 Å². The third-order valence-electron chi connectivity index (χ3n) is 5.03. The predicted molar refractivity (Wildman–Crippen MR) is 117 cm³/mol. The summed E-state index contributed by atoms with van der Waals surface area (Å²) in [6.45, 7) is 16.4. The number of benzene rings is 1. The van der Waals surface area contributed by atoms with E-state index in [1.807, 2.05) is 19.9 Å². The van der Waals surface area contributed by atoms with Gasteiger partial charge in [0.05, 0.1) is 13.7 Å². The van der Waals surface area contributed by atoms with Gasteiger partial charge in [0.15, 0.2) is 11.6 Å². The molecule has 1 fully saturated rings. The highest BCUT2D eigenvalue weighted by molar-refractivity contribution is 5.79. The number of rotatable bonds is 7. The summed E-state index contributed by atoms with van der Waals surface area (Å²) >= 11 is 0. The lowest BCUT2D eigenvalue weighted by atomic mass is 9.95. The highest BCUT2D eigenvalue weighted by atomic mass is 19.1. The van der Waals surface area contributed by atoms with Gasteiger partial charge in [-0.3, -0.25) is 4.90 Å². The van der Waals surface area contributed by atoms with E-state index in [0.29, 0.717) is 18.1 Å². The molecule has 1 aliphatic heterocycles. The van der Waals surface area contributed by atoms with Gasteiger partial charge >= 0.3 is 5.97 Å². The van der Waals surface area contributed by atoms with Crippen molar-refractivity contribution in [1.29, 1.82) is 0 Å². The fourth-order valence-corrected chi connectivity index (χ4v) is 3.51. The van der Waals surface area contributed by atoms with E-state index < -0.39 is 11.9 Å². The normalized spacial score (nSPS) is 17.8. The quantitative estimate of drug-likeness (QED) is 0.521. The number of likely N-dealkylation sites (tertiary alicyclic amines) is 1. The number of carbonyl (C=O) groups is 1. The molecule has 4 nitrogen and oxygen atoms in total. The number of halogens is 1. The fourth-order valence-electron chi connectivity index (χ4n) is 3.51. The molecule has 1 aliphatic rings. The number of nitrogens with zero attached hydrogens (tertiary/aromatic N) is 1. The standard InChI is InChI=1S/C20H30FNO3.C4H10/c1-6-14-8-9-22(12-14)18(20(23)25-7-2)16-10-15(13(3)4)11-17(21)19(16)24-5;1-4(2)3/h10-11,13-14,18H,6-9,12H2,1-5H3;4H,1-3H3/t14-,18?;/m1./s1. The highest BCUT2D eigenvalue weighted by Crippen LogP contribution is 2.38. The summed E-state index contributed by atoms with van der Waals surface area (Å²) in [5.41, 5.74) is 1.43. The average Bonchev–Trinajstić information content (AvgIpc) is 3.10. The zero-order valence-corrected chi connectivity index (χ0v) is 19.5. The van der Waals surface area contributed by atoms with E-state index in [1.54, 1.807) is 6.92 Å².